The molecule has 0 radical (unpaired) electrons. The highest BCUT2D eigenvalue weighted by Crippen LogP contribution is 2.23. The van der Waals surface area contributed by atoms with Crippen molar-refractivity contribution in [1.82, 2.24) is 5.32 Å². The Labute approximate surface area is 108 Å². The number of carbonyl (C=O) groups is 1. The molecule has 1 amide bonds. The van der Waals surface area contributed by atoms with Crippen molar-refractivity contribution >= 4 is 21.8 Å². The van der Waals surface area contributed by atoms with Crippen molar-refractivity contribution in [3.05, 3.63) is 28.5 Å². The molecule has 1 unspecified atom stereocenters. The lowest BCUT2D eigenvalue weighted by Gasteiger charge is -2.15. The Hall–Kier alpha value is -1.10. The monoisotopic (exact) mass is 303 g/mol. The van der Waals surface area contributed by atoms with E-state index >= 15 is 0 Å². The normalized spacial score (nSPS) is 12.0. The van der Waals surface area contributed by atoms with Gasteiger partial charge in [-0.15, -0.1) is 0 Å². The molecular formula is C12H15BrFNO2. The molecule has 17 heavy (non-hydrogen) atoms. The van der Waals surface area contributed by atoms with Crippen LogP contribution in [0.1, 0.15) is 20.3 Å². The van der Waals surface area contributed by atoms with E-state index in [1.54, 1.807) is 13.0 Å². The van der Waals surface area contributed by atoms with Gasteiger partial charge in [0.15, 0.2) is 17.7 Å². The molecule has 0 aliphatic carbocycles. The van der Waals surface area contributed by atoms with Crippen LogP contribution in [0.3, 0.4) is 0 Å². The molecule has 1 aromatic carbocycles. The van der Waals surface area contributed by atoms with Crippen molar-refractivity contribution in [2.24, 2.45) is 0 Å². The third kappa shape index (κ3) is 4.34. The van der Waals surface area contributed by atoms with E-state index in [0.717, 1.165) is 6.42 Å². The number of benzene rings is 1. The lowest BCUT2D eigenvalue weighted by molar-refractivity contribution is -0.127. The maximum Gasteiger partial charge on any atom is 0.260 e. The summed E-state index contributed by atoms with van der Waals surface area (Å²) < 4.78 is 19.3. The van der Waals surface area contributed by atoms with E-state index in [-0.39, 0.29) is 11.7 Å². The number of ether oxygens (including phenoxy) is 1. The summed E-state index contributed by atoms with van der Waals surface area (Å²) in [4.78, 5) is 11.5. The molecule has 94 valence electrons. The molecule has 0 saturated heterocycles. The number of hydrogen-bond acceptors (Lipinski definition) is 2. The Bertz CT molecular complexity index is 398. The first-order chi connectivity index (χ1) is 8.04. The predicted molar refractivity (Wildman–Crippen MR) is 67.5 cm³/mol. The Morgan fingerprint density at radius 1 is 1.59 bits per heavy atom. The topological polar surface area (TPSA) is 38.3 Å². The van der Waals surface area contributed by atoms with E-state index in [1.165, 1.54) is 12.1 Å². The number of hydrogen-bond donors (Lipinski definition) is 1. The molecule has 0 aromatic heterocycles. The lowest BCUT2D eigenvalue weighted by Crippen LogP contribution is -2.36. The van der Waals surface area contributed by atoms with Crippen LogP contribution in [0.2, 0.25) is 0 Å². The summed E-state index contributed by atoms with van der Waals surface area (Å²) in [7, 11) is 0. The molecule has 0 saturated carbocycles. The second-order valence-corrected chi connectivity index (χ2v) is 4.54. The van der Waals surface area contributed by atoms with E-state index in [2.05, 4.69) is 21.2 Å². The van der Waals surface area contributed by atoms with Crippen LogP contribution in [0, 0.1) is 5.82 Å². The molecule has 1 atom stereocenters. The molecule has 0 heterocycles. The third-order valence-electron chi connectivity index (χ3n) is 2.12. The standard InChI is InChI=1S/C12H15BrFNO2/c1-3-6-15-12(16)8(2)17-11-7-9(13)4-5-10(11)14/h4-5,7-8H,3,6H2,1-2H3,(H,15,16). The third-order valence-corrected chi connectivity index (χ3v) is 2.61. The first-order valence-electron chi connectivity index (χ1n) is 5.44. The van der Waals surface area contributed by atoms with Crippen LogP contribution in [0.4, 0.5) is 4.39 Å². The fraction of sp³-hybridized carbons (Fsp3) is 0.417. The van der Waals surface area contributed by atoms with Gasteiger partial charge in [0.1, 0.15) is 0 Å². The van der Waals surface area contributed by atoms with Crippen LogP contribution >= 0.6 is 15.9 Å². The van der Waals surface area contributed by atoms with Gasteiger partial charge in [-0.05, 0) is 31.5 Å². The number of halogens is 2. The fourth-order valence-electron chi connectivity index (χ4n) is 1.20. The second-order valence-electron chi connectivity index (χ2n) is 3.63. The Kier molecular flexibility index (Phi) is 5.41. The van der Waals surface area contributed by atoms with Crippen LogP contribution < -0.4 is 10.1 Å². The highest BCUT2D eigenvalue weighted by molar-refractivity contribution is 9.10. The van der Waals surface area contributed by atoms with E-state index in [1.807, 2.05) is 6.92 Å². The molecule has 0 fully saturated rings. The van der Waals surface area contributed by atoms with Gasteiger partial charge in [0.05, 0.1) is 0 Å². The Balaban J connectivity index is 2.64. The molecule has 0 aliphatic rings. The van der Waals surface area contributed by atoms with Crippen LogP contribution in [-0.4, -0.2) is 18.6 Å². The highest BCUT2D eigenvalue weighted by Gasteiger charge is 2.15. The van der Waals surface area contributed by atoms with Crippen molar-refractivity contribution in [3.63, 3.8) is 0 Å². The second kappa shape index (κ2) is 6.59. The van der Waals surface area contributed by atoms with Gasteiger partial charge in [0.2, 0.25) is 0 Å². The molecule has 0 aliphatic heterocycles. The number of carbonyl (C=O) groups excluding carboxylic acids is 1. The summed E-state index contributed by atoms with van der Waals surface area (Å²) in [5.74, 6) is -0.659. The van der Waals surface area contributed by atoms with Crippen molar-refractivity contribution in [3.8, 4) is 5.75 Å². The lowest BCUT2D eigenvalue weighted by atomic mass is 10.3. The largest absolute Gasteiger partial charge is 0.478 e. The van der Waals surface area contributed by atoms with E-state index in [9.17, 15) is 9.18 Å². The van der Waals surface area contributed by atoms with Crippen molar-refractivity contribution in [1.29, 1.82) is 0 Å². The smallest absolute Gasteiger partial charge is 0.260 e. The Morgan fingerprint density at radius 3 is 2.94 bits per heavy atom. The minimum atomic E-state index is -0.717. The first kappa shape index (κ1) is 14.0. The van der Waals surface area contributed by atoms with Crippen LogP contribution in [0.15, 0.2) is 22.7 Å². The zero-order valence-electron chi connectivity index (χ0n) is 9.80. The van der Waals surface area contributed by atoms with Gasteiger partial charge in [-0.3, -0.25) is 4.79 Å². The van der Waals surface area contributed by atoms with Crippen LogP contribution in [0.5, 0.6) is 5.75 Å². The van der Waals surface area contributed by atoms with Crippen molar-refractivity contribution < 1.29 is 13.9 Å². The fourth-order valence-corrected chi connectivity index (χ4v) is 1.54. The zero-order valence-corrected chi connectivity index (χ0v) is 11.4. The summed E-state index contributed by atoms with van der Waals surface area (Å²) in [5.41, 5.74) is 0. The van der Waals surface area contributed by atoms with Crippen LogP contribution in [0.25, 0.3) is 0 Å². The molecule has 3 nitrogen and oxygen atoms in total. The number of nitrogens with one attached hydrogen (secondary N) is 1. The summed E-state index contributed by atoms with van der Waals surface area (Å²) in [5, 5.41) is 2.69. The summed E-state index contributed by atoms with van der Waals surface area (Å²) >= 11 is 3.22. The van der Waals surface area contributed by atoms with Gasteiger partial charge in [0.25, 0.3) is 5.91 Å². The molecule has 1 N–H and O–H groups in total. The maximum absolute atomic E-state index is 13.4. The Morgan fingerprint density at radius 2 is 2.29 bits per heavy atom. The van der Waals surface area contributed by atoms with E-state index in [4.69, 9.17) is 4.74 Å². The van der Waals surface area contributed by atoms with Gasteiger partial charge in [-0.1, -0.05) is 22.9 Å². The van der Waals surface area contributed by atoms with E-state index in [0.29, 0.717) is 11.0 Å². The maximum atomic E-state index is 13.4. The zero-order chi connectivity index (χ0) is 12.8. The van der Waals surface area contributed by atoms with Gasteiger partial charge < -0.3 is 10.1 Å². The molecule has 0 spiro atoms. The average molecular weight is 304 g/mol. The number of amides is 1. The summed E-state index contributed by atoms with van der Waals surface area (Å²) in [6, 6.07) is 4.36. The minimum Gasteiger partial charge on any atom is -0.478 e. The highest BCUT2D eigenvalue weighted by atomic mass is 79.9. The van der Waals surface area contributed by atoms with Crippen LogP contribution in [-0.2, 0) is 4.79 Å². The molecule has 5 heteroatoms. The molecule has 1 rings (SSSR count). The van der Waals surface area contributed by atoms with Crippen molar-refractivity contribution in [2.75, 3.05) is 6.54 Å². The van der Waals surface area contributed by atoms with Crippen molar-refractivity contribution in [2.45, 2.75) is 26.4 Å². The molecule has 0 bridgehead atoms. The van der Waals surface area contributed by atoms with Gasteiger partial charge in [-0.2, -0.15) is 0 Å². The van der Waals surface area contributed by atoms with E-state index < -0.39 is 11.9 Å². The van der Waals surface area contributed by atoms with Gasteiger partial charge >= 0.3 is 0 Å². The molecular weight excluding hydrogens is 289 g/mol. The average Bonchev–Trinajstić information content (AvgIpc) is 2.30. The first-order valence-corrected chi connectivity index (χ1v) is 6.23. The minimum absolute atomic E-state index is 0.0681. The van der Waals surface area contributed by atoms with Gasteiger partial charge in [-0.25, -0.2) is 4.39 Å². The predicted octanol–water partition coefficient (Wildman–Crippen LogP) is 2.88. The SMILES string of the molecule is CCCNC(=O)C(C)Oc1cc(Br)ccc1F. The summed E-state index contributed by atoms with van der Waals surface area (Å²) in [6.45, 7) is 4.14. The number of rotatable bonds is 5. The molecule has 1 aromatic rings. The summed E-state index contributed by atoms with van der Waals surface area (Å²) in [6.07, 6.45) is 0.134. The van der Waals surface area contributed by atoms with Gasteiger partial charge in [0, 0.05) is 11.0 Å². The quantitative estimate of drug-likeness (QED) is 0.908.